The molecule has 28 heavy (non-hydrogen) atoms. The molecule has 2 rings (SSSR count). The molecule has 0 unspecified atom stereocenters. The van der Waals surface area contributed by atoms with E-state index in [1.807, 2.05) is 13.8 Å². The van der Waals surface area contributed by atoms with Crippen LogP contribution in [0, 0.1) is 20.8 Å². The van der Waals surface area contributed by atoms with Gasteiger partial charge in [0, 0.05) is 23.9 Å². The van der Waals surface area contributed by atoms with Gasteiger partial charge in [0.25, 0.3) is 0 Å². The molecule has 0 saturated heterocycles. The molecule has 0 bridgehead atoms. The highest BCUT2D eigenvalue weighted by Gasteiger charge is 2.13. The largest absolute Gasteiger partial charge is 0.399 e. The molecule has 0 saturated carbocycles. The summed E-state index contributed by atoms with van der Waals surface area (Å²) in [4.78, 5) is 4.14. The van der Waals surface area contributed by atoms with Gasteiger partial charge in [-0.3, -0.25) is 4.99 Å². The third-order valence-corrected chi connectivity index (χ3v) is 4.51. The first-order valence-electron chi connectivity index (χ1n) is 9.41. The number of benzene rings is 2. The smallest absolute Gasteiger partial charge is 0.0935 e. The number of nitrogens with two attached hydrogens (primary N) is 1. The number of nitrogens with one attached hydrogen (secondary N) is 1. The summed E-state index contributed by atoms with van der Waals surface area (Å²) in [7, 11) is 1.81. The molecule has 3 N–H and O–H groups in total. The number of aryl methyl sites for hydroxylation is 4. The fourth-order valence-electron chi connectivity index (χ4n) is 2.69. The standard InChI is InChI=1S/C16H21N3.C9H12/c1-10-7-8-11(2)14(9-10)16(19-6)15(18-5)12(3)13(4)17;1-3-9-6-4-8(2)5-7-9/h7-9,18H,3-4,6,17H2,1-2,5H3;4-7H,3H2,1-2H3/b16-15+;. The van der Waals surface area contributed by atoms with Crippen LogP contribution < -0.4 is 11.1 Å². The zero-order chi connectivity index (χ0) is 21.3. The molecular weight excluding hydrogens is 342 g/mol. The Morgan fingerprint density at radius 2 is 1.57 bits per heavy atom. The van der Waals surface area contributed by atoms with Gasteiger partial charge >= 0.3 is 0 Å². The van der Waals surface area contributed by atoms with Crippen LogP contribution in [-0.2, 0) is 6.42 Å². The number of nitrogens with zero attached hydrogens (tertiary/aromatic N) is 1. The molecule has 2 aromatic carbocycles. The van der Waals surface area contributed by atoms with Gasteiger partial charge in [-0.2, -0.15) is 0 Å². The first kappa shape index (κ1) is 23.0. The summed E-state index contributed by atoms with van der Waals surface area (Å²) in [6, 6.07) is 14.9. The van der Waals surface area contributed by atoms with Crippen molar-refractivity contribution in [2.75, 3.05) is 7.05 Å². The van der Waals surface area contributed by atoms with Gasteiger partial charge in [-0.25, -0.2) is 0 Å². The Balaban J connectivity index is 0.000000362. The molecular formula is C25H33N3. The molecule has 2 aromatic rings. The predicted molar refractivity (Wildman–Crippen MR) is 124 cm³/mol. The van der Waals surface area contributed by atoms with E-state index in [0.717, 1.165) is 34.5 Å². The number of hydrogen-bond donors (Lipinski definition) is 2. The maximum absolute atomic E-state index is 5.72. The van der Waals surface area contributed by atoms with E-state index in [1.54, 1.807) is 7.05 Å². The van der Waals surface area contributed by atoms with Gasteiger partial charge in [-0.05, 0) is 51.1 Å². The lowest BCUT2D eigenvalue weighted by atomic mass is 9.99. The Hall–Kier alpha value is -3.07. The maximum Gasteiger partial charge on any atom is 0.0935 e. The normalized spacial score (nSPS) is 10.9. The maximum atomic E-state index is 5.72. The highest BCUT2D eigenvalue weighted by molar-refractivity contribution is 5.77. The lowest BCUT2D eigenvalue weighted by Crippen LogP contribution is -2.14. The van der Waals surface area contributed by atoms with Crippen LogP contribution in [0.15, 0.2) is 77.6 Å². The molecule has 0 atom stereocenters. The fourth-order valence-corrected chi connectivity index (χ4v) is 2.69. The molecule has 0 amide bonds. The van der Waals surface area contributed by atoms with Gasteiger partial charge in [0.05, 0.1) is 11.4 Å². The summed E-state index contributed by atoms with van der Waals surface area (Å²) < 4.78 is 0. The highest BCUT2D eigenvalue weighted by Crippen LogP contribution is 2.27. The van der Waals surface area contributed by atoms with Crippen LogP contribution in [0.25, 0.3) is 5.70 Å². The third-order valence-electron chi connectivity index (χ3n) is 4.51. The average Bonchev–Trinajstić information content (AvgIpc) is 2.68. The van der Waals surface area contributed by atoms with Crippen LogP contribution in [-0.4, -0.2) is 13.8 Å². The molecule has 0 aliphatic heterocycles. The Morgan fingerprint density at radius 1 is 1.00 bits per heavy atom. The number of rotatable bonds is 6. The molecule has 148 valence electrons. The quantitative estimate of drug-likeness (QED) is 0.519. The summed E-state index contributed by atoms with van der Waals surface area (Å²) in [6.07, 6.45) is 1.14. The lowest BCUT2D eigenvalue weighted by molar-refractivity contribution is 0.999. The SMILES string of the molecule is C=N/C(=C(/NC)C(=C)C(=C)N)c1cc(C)ccc1C.CCc1ccc(C)cc1. The Kier molecular flexibility index (Phi) is 8.97. The molecule has 0 fully saturated rings. The van der Waals surface area contributed by atoms with Gasteiger partial charge in [0.2, 0.25) is 0 Å². The number of likely N-dealkylation sites (N-methyl/N-ethyl adjacent to an activating group) is 1. The van der Waals surface area contributed by atoms with E-state index >= 15 is 0 Å². The monoisotopic (exact) mass is 375 g/mol. The predicted octanol–water partition coefficient (Wildman–Crippen LogP) is 5.48. The van der Waals surface area contributed by atoms with Crippen LogP contribution in [0.3, 0.4) is 0 Å². The number of aliphatic imine (C=N–C) groups is 1. The van der Waals surface area contributed by atoms with Crippen molar-refractivity contribution in [2.45, 2.75) is 34.1 Å². The topological polar surface area (TPSA) is 50.4 Å². The van der Waals surface area contributed by atoms with Crippen molar-refractivity contribution in [2.24, 2.45) is 10.7 Å². The minimum atomic E-state index is 0.413. The van der Waals surface area contributed by atoms with E-state index in [-0.39, 0.29) is 0 Å². The van der Waals surface area contributed by atoms with Gasteiger partial charge in [0.15, 0.2) is 0 Å². The summed E-state index contributed by atoms with van der Waals surface area (Å²) >= 11 is 0. The van der Waals surface area contributed by atoms with Crippen molar-refractivity contribution in [3.63, 3.8) is 0 Å². The summed E-state index contributed by atoms with van der Waals surface area (Å²) in [5.74, 6) is 0. The second kappa shape index (κ2) is 10.9. The van der Waals surface area contributed by atoms with Crippen molar-refractivity contribution >= 4 is 12.4 Å². The third kappa shape index (κ3) is 6.27. The van der Waals surface area contributed by atoms with Crippen molar-refractivity contribution in [3.8, 4) is 0 Å². The second-order valence-electron chi connectivity index (χ2n) is 6.79. The van der Waals surface area contributed by atoms with Crippen molar-refractivity contribution in [1.29, 1.82) is 0 Å². The molecule has 0 heterocycles. The van der Waals surface area contributed by atoms with E-state index in [9.17, 15) is 0 Å². The van der Waals surface area contributed by atoms with Gasteiger partial charge in [-0.15, -0.1) is 0 Å². The van der Waals surface area contributed by atoms with Crippen LogP contribution in [0.1, 0.15) is 34.7 Å². The van der Waals surface area contributed by atoms with Crippen LogP contribution in [0.4, 0.5) is 0 Å². The van der Waals surface area contributed by atoms with E-state index in [4.69, 9.17) is 5.73 Å². The van der Waals surface area contributed by atoms with Gasteiger partial charge in [-0.1, -0.05) is 67.6 Å². The highest BCUT2D eigenvalue weighted by atomic mass is 14.9. The molecule has 0 aliphatic carbocycles. The summed E-state index contributed by atoms with van der Waals surface area (Å²) in [5, 5.41) is 3.08. The summed E-state index contributed by atoms with van der Waals surface area (Å²) in [6.45, 7) is 19.7. The van der Waals surface area contributed by atoms with Gasteiger partial charge < -0.3 is 11.1 Å². The number of hydrogen-bond acceptors (Lipinski definition) is 3. The molecule has 0 aromatic heterocycles. The van der Waals surface area contributed by atoms with Crippen molar-refractivity contribution < 1.29 is 0 Å². The van der Waals surface area contributed by atoms with Crippen LogP contribution >= 0.6 is 0 Å². The Morgan fingerprint density at radius 3 is 2.04 bits per heavy atom. The van der Waals surface area contributed by atoms with E-state index in [1.165, 1.54) is 11.1 Å². The molecule has 0 spiro atoms. The molecule has 3 nitrogen and oxygen atoms in total. The minimum absolute atomic E-state index is 0.413. The second-order valence-corrected chi connectivity index (χ2v) is 6.79. The minimum Gasteiger partial charge on any atom is -0.399 e. The van der Waals surface area contributed by atoms with Crippen molar-refractivity contribution in [1.82, 2.24) is 5.32 Å². The zero-order valence-electron chi connectivity index (χ0n) is 17.9. The van der Waals surface area contributed by atoms with E-state index in [2.05, 4.69) is 86.5 Å². The van der Waals surface area contributed by atoms with Gasteiger partial charge in [0.1, 0.15) is 0 Å². The van der Waals surface area contributed by atoms with Crippen LogP contribution in [0.5, 0.6) is 0 Å². The summed E-state index contributed by atoms with van der Waals surface area (Å²) in [5.41, 5.74) is 14.3. The van der Waals surface area contributed by atoms with E-state index < -0.39 is 0 Å². The molecule has 0 radical (unpaired) electrons. The van der Waals surface area contributed by atoms with Crippen LogP contribution in [0.2, 0.25) is 0 Å². The Labute approximate surface area is 170 Å². The lowest BCUT2D eigenvalue weighted by Gasteiger charge is -2.16. The first-order valence-corrected chi connectivity index (χ1v) is 9.41. The van der Waals surface area contributed by atoms with E-state index in [0.29, 0.717) is 11.3 Å². The van der Waals surface area contributed by atoms with Crippen molar-refractivity contribution in [3.05, 3.63) is 100 Å². The molecule has 0 aliphatic rings. The Bertz CT molecular complexity index is 871. The average molecular weight is 376 g/mol. The molecule has 3 heteroatoms. The first-order chi connectivity index (χ1) is 13.2. The zero-order valence-corrected chi connectivity index (χ0v) is 17.9. The fraction of sp³-hybridized carbons (Fsp3) is 0.240.